The molecule has 0 atom stereocenters. The van der Waals surface area contributed by atoms with Crippen LogP contribution in [0.1, 0.15) is 42.7 Å². The molecule has 264 valence electrons. The number of halogens is 1. The lowest BCUT2D eigenvalue weighted by Gasteiger charge is -2.19. The molecule has 3 rings (SSSR count). The Morgan fingerprint density at radius 3 is 1.45 bits per heavy atom. The van der Waals surface area contributed by atoms with Gasteiger partial charge >= 0.3 is 6.09 Å². The van der Waals surface area contributed by atoms with E-state index in [2.05, 4.69) is 46.9 Å². The second-order valence-corrected chi connectivity index (χ2v) is 12.2. The maximum absolute atomic E-state index is 12.6. The number of hydrogen-bond acceptors (Lipinski definition) is 9. The Morgan fingerprint density at radius 1 is 0.574 bits per heavy atom. The second-order valence-electron chi connectivity index (χ2n) is 11.1. The third kappa shape index (κ3) is 16.4. The molecule has 1 aliphatic rings. The predicted octanol–water partition coefficient (Wildman–Crippen LogP) is 5.98. The van der Waals surface area contributed by atoms with E-state index in [4.69, 9.17) is 37.9 Å². The van der Waals surface area contributed by atoms with Crippen LogP contribution < -0.4 is 0 Å². The third-order valence-electron chi connectivity index (χ3n) is 7.62. The van der Waals surface area contributed by atoms with E-state index >= 15 is 0 Å². The largest absolute Gasteiger partial charge is 0.448 e. The van der Waals surface area contributed by atoms with Crippen molar-refractivity contribution in [2.45, 2.75) is 31.6 Å². The van der Waals surface area contributed by atoms with Crippen molar-refractivity contribution >= 4 is 28.7 Å². The van der Waals surface area contributed by atoms with Gasteiger partial charge in [0.25, 0.3) is 0 Å². The number of ether oxygens (including phenoxy) is 8. The topological polar surface area (TPSA) is 94.2 Å². The number of benzene rings is 2. The van der Waals surface area contributed by atoms with E-state index in [9.17, 15) is 4.79 Å². The summed E-state index contributed by atoms with van der Waals surface area (Å²) in [7, 11) is 1.72. The van der Waals surface area contributed by atoms with E-state index in [0.29, 0.717) is 99.0 Å². The molecule has 0 bridgehead atoms. The summed E-state index contributed by atoms with van der Waals surface area (Å²) in [4.78, 5) is 14.1. The molecule has 2 aromatic carbocycles. The van der Waals surface area contributed by atoms with E-state index < -0.39 is 0 Å². The molecule has 0 N–H and O–H groups in total. The highest BCUT2D eigenvalue weighted by molar-refractivity contribution is 14.1. The maximum atomic E-state index is 12.6. The zero-order valence-electron chi connectivity index (χ0n) is 28.0. The van der Waals surface area contributed by atoms with Crippen molar-refractivity contribution in [3.8, 4) is 11.1 Å². The van der Waals surface area contributed by atoms with Gasteiger partial charge in [-0.3, -0.25) is 0 Å². The van der Waals surface area contributed by atoms with Gasteiger partial charge in [-0.05, 0) is 39.5 Å². The number of carbonyl (C=O) groups excluding carboxylic acids is 1. The lowest BCUT2D eigenvalue weighted by Crippen LogP contribution is -2.32. The standard InChI is InChI=1S/C36H54INO9/c1-38(36(39)47-30-35-33-12-6-4-10-31(33)32-11-5-7-13-34(32)35)15-17-41-19-21-43-23-25-45-27-29-46-28-26-44-24-22-42-20-18-40-16-9-3-2-8-14-37/h4-7,10-13,35H,2-3,8-9,14-30H2,1H3. The van der Waals surface area contributed by atoms with Crippen LogP contribution in [0.2, 0.25) is 0 Å². The molecule has 0 aromatic heterocycles. The highest BCUT2D eigenvalue weighted by Gasteiger charge is 2.29. The highest BCUT2D eigenvalue weighted by Crippen LogP contribution is 2.44. The number of alkyl halides is 1. The summed E-state index contributed by atoms with van der Waals surface area (Å²) in [5.41, 5.74) is 4.82. The van der Waals surface area contributed by atoms with Gasteiger partial charge in [-0.15, -0.1) is 0 Å². The summed E-state index contributed by atoms with van der Waals surface area (Å²) in [6.45, 7) is 8.26. The fraction of sp³-hybridized carbons (Fsp3) is 0.639. The zero-order chi connectivity index (χ0) is 33.2. The summed E-state index contributed by atoms with van der Waals surface area (Å²) in [5.74, 6) is 0.0469. The number of fused-ring (bicyclic) bond motifs is 3. The Bertz CT molecular complexity index is 1050. The van der Waals surface area contributed by atoms with Crippen molar-refractivity contribution in [2.24, 2.45) is 0 Å². The molecule has 0 unspecified atom stereocenters. The van der Waals surface area contributed by atoms with Crippen LogP contribution in [0.25, 0.3) is 11.1 Å². The van der Waals surface area contributed by atoms with Crippen molar-refractivity contribution in [1.82, 2.24) is 4.90 Å². The summed E-state index contributed by atoms with van der Waals surface area (Å²) in [5, 5.41) is 0. The summed E-state index contributed by atoms with van der Waals surface area (Å²) in [6.07, 6.45) is 4.61. The molecular formula is C36H54INO9. The molecule has 10 nitrogen and oxygen atoms in total. The highest BCUT2D eigenvalue weighted by atomic mass is 127. The van der Waals surface area contributed by atoms with Crippen molar-refractivity contribution in [2.75, 3.05) is 117 Å². The minimum Gasteiger partial charge on any atom is -0.448 e. The number of amides is 1. The summed E-state index contributed by atoms with van der Waals surface area (Å²) in [6, 6.07) is 16.6. The molecule has 0 spiro atoms. The Labute approximate surface area is 294 Å². The Hall–Kier alpha value is -1.84. The number of carbonyl (C=O) groups is 1. The molecule has 1 aliphatic carbocycles. The minimum atomic E-state index is -0.356. The average molecular weight is 772 g/mol. The first-order valence-corrected chi connectivity index (χ1v) is 18.4. The van der Waals surface area contributed by atoms with E-state index in [1.807, 2.05) is 24.3 Å². The number of hydrogen-bond donors (Lipinski definition) is 0. The molecule has 0 saturated heterocycles. The van der Waals surface area contributed by atoms with E-state index in [-0.39, 0.29) is 12.0 Å². The quantitative estimate of drug-likeness (QED) is 0.0563. The van der Waals surface area contributed by atoms with Crippen LogP contribution in [0.15, 0.2) is 48.5 Å². The van der Waals surface area contributed by atoms with Gasteiger partial charge < -0.3 is 42.8 Å². The monoisotopic (exact) mass is 771 g/mol. The lowest BCUT2D eigenvalue weighted by atomic mass is 9.98. The van der Waals surface area contributed by atoms with Gasteiger partial charge in [0.1, 0.15) is 6.61 Å². The minimum absolute atomic E-state index is 0.0469. The molecular weight excluding hydrogens is 717 g/mol. The molecule has 0 fully saturated rings. The Balaban J connectivity index is 1.03. The number of likely N-dealkylation sites (N-methyl/N-ethyl adjacent to an activating group) is 1. The van der Waals surface area contributed by atoms with Gasteiger partial charge in [0.2, 0.25) is 0 Å². The maximum Gasteiger partial charge on any atom is 0.409 e. The molecule has 11 heteroatoms. The normalized spacial score (nSPS) is 12.3. The van der Waals surface area contributed by atoms with E-state index in [1.54, 1.807) is 11.9 Å². The molecule has 0 saturated carbocycles. The van der Waals surface area contributed by atoms with Crippen LogP contribution in [-0.2, 0) is 37.9 Å². The smallest absolute Gasteiger partial charge is 0.409 e. The second kappa shape index (κ2) is 26.1. The molecule has 1 amide bonds. The Kier molecular flexibility index (Phi) is 22.0. The van der Waals surface area contributed by atoms with Gasteiger partial charge in [0.05, 0.1) is 85.9 Å². The van der Waals surface area contributed by atoms with Gasteiger partial charge in [0, 0.05) is 26.1 Å². The first kappa shape index (κ1) is 39.6. The molecule has 0 aliphatic heterocycles. The number of unbranched alkanes of at least 4 members (excludes halogenated alkanes) is 3. The van der Waals surface area contributed by atoms with E-state index in [0.717, 1.165) is 13.0 Å². The zero-order valence-corrected chi connectivity index (χ0v) is 30.2. The Morgan fingerprint density at radius 2 is 0.979 bits per heavy atom. The predicted molar refractivity (Wildman–Crippen MR) is 191 cm³/mol. The van der Waals surface area contributed by atoms with Crippen molar-refractivity contribution in [1.29, 1.82) is 0 Å². The van der Waals surface area contributed by atoms with Crippen LogP contribution in [0.3, 0.4) is 0 Å². The third-order valence-corrected chi connectivity index (χ3v) is 8.39. The van der Waals surface area contributed by atoms with Gasteiger partial charge in [-0.1, -0.05) is 84.0 Å². The van der Waals surface area contributed by atoms with Gasteiger partial charge in [-0.25, -0.2) is 4.79 Å². The summed E-state index contributed by atoms with van der Waals surface area (Å²) < 4.78 is 45.7. The van der Waals surface area contributed by atoms with Crippen LogP contribution in [-0.4, -0.2) is 128 Å². The molecule has 0 heterocycles. The van der Waals surface area contributed by atoms with Gasteiger partial charge in [0.15, 0.2) is 0 Å². The summed E-state index contributed by atoms with van der Waals surface area (Å²) >= 11 is 2.42. The van der Waals surface area contributed by atoms with Crippen LogP contribution >= 0.6 is 22.6 Å². The van der Waals surface area contributed by atoms with Crippen LogP contribution in [0.5, 0.6) is 0 Å². The first-order chi connectivity index (χ1) is 23.2. The van der Waals surface area contributed by atoms with Crippen molar-refractivity contribution < 1.29 is 42.7 Å². The first-order valence-electron chi connectivity index (χ1n) is 16.9. The fourth-order valence-electron chi connectivity index (χ4n) is 5.07. The SMILES string of the molecule is CN(CCOCCOCCOCCOCCOCCOCCOCCCCCCI)C(=O)OCC1c2ccccc2-c2ccccc21. The lowest BCUT2D eigenvalue weighted by molar-refractivity contribution is -0.0209. The number of rotatable bonds is 29. The van der Waals surface area contributed by atoms with Crippen molar-refractivity contribution in [3.63, 3.8) is 0 Å². The van der Waals surface area contributed by atoms with Gasteiger partial charge in [-0.2, -0.15) is 0 Å². The van der Waals surface area contributed by atoms with Crippen molar-refractivity contribution in [3.05, 3.63) is 59.7 Å². The average Bonchev–Trinajstić information content (AvgIpc) is 3.42. The van der Waals surface area contributed by atoms with E-state index in [1.165, 1.54) is 45.9 Å². The fourth-order valence-corrected chi connectivity index (χ4v) is 5.61. The number of nitrogens with zero attached hydrogens (tertiary/aromatic N) is 1. The molecule has 47 heavy (non-hydrogen) atoms. The molecule has 0 radical (unpaired) electrons. The molecule has 2 aromatic rings. The van der Waals surface area contributed by atoms with Crippen LogP contribution in [0, 0.1) is 0 Å². The van der Waals surface area contributed by atoms with Crippen LogP contribution in [0.4, 0.5) is 4.79 Å².